The second-order valence-corrected chi connectivity index (χ2v) is 7.12. The number of aromatic nitrogens is 3. The van der Waals surface area contributed by atoms with Crippen molar-refractivity contribution in [3.63, 3.8) is 0 Å². The third-order valence-electron chi connectivity index (χ3n) is 5.09. The molecule has 1 fully saturated rings. The van der Waals surface area contributed by atoms with Gasteiger partial charge in [-0.15, -0.1) is 0 Å². The van der Waals surface area contributed by atoms with Crippen LogP contribution in [0.25, 0.3) is 11.0 Å². The molecule has 0 aliphatic heterocycles. The lowest BCUT2D eigenvalue weighted by Crippen LogP contribution is -2.38. The quantitative estimate of drug-likeness (QED) is 0.921. The molecular formula is C18H24N4O3. The maximum Gasteiger partial charge on any atom is 0.332 e. The number of amides is 1. The lowest BCUT2D eigenvalue weighted by molar-refractivity contribution is -0.119. The largest absolute Gasteiger partial charge is 0.332 e. The van der Waals surface area contributed by atoms with Gasteiger partial charge in [-0.25, -0.2) is 9.78 Å². The summed E-state index contributed by atoms with van der Waals surface area (Å²) in [5.74, 6) is 0.0140. The molecule has 3 rings (SSSR count). The van der Waals surface area contributed by atoms with Crippen molar-refractivity contribution in [2.24, 2.45) is 20.0 Å². The molecule has 7 nitrogen and oxygen atoms in total. The van der Waals surface area contributed by atoms with Crippen LogP contribution >= 0.6 is 0 Å². The van der Waals surface area contributed by atoms with E-state index >= 15 is 0 Å². The third kappa shape index (κ3) is 2.88. The summed E-state index contributed by atoms with van der Waals surface area (Å²) in [5, 5.41) is 3.28. The number of carbonyl (C=O) groups excluding carboxylic acids is 1. The van der Waals surface area contributed by atoms with E-state index in [4.69, 9.17) is 0 Å². The van der Waals surface area contributed by atoms with Crippen LogP contribution in [0.3, 0.4) is 0 Å². The van der Waals surface area contributed by atoms with Gasteiger partial charge in [-0.3, -0.25) is 18.7 Å². The first-order valence-corrected chi connectivity index (χ1v) is 8.72. The van der Waals surface area contributed by atoms with Crippen LogP contribution in [-0.4, -0.2) is 20.0 Å². The lowest BCUT2D eigenvalue weighted by Gasteiger charge is -2.19. The molecule has 134 valence electrons. The Morgan fingerprint density at radius 1 is 1.20 bits per heavy atom. The van der Waals surface area contributed by atoms with Crippen LogP contribution in [0.2, 0.25) is 0 Å². The number of carbonyl (C=O) groups is 1. The van der Waals surface area contributed by atoms with Crippen molar-refractivity contribution >= 4 is 22.6 Å². The Morgan fingerprint density at radius 2 is 1.84 bits per heavy atom. The van der Waals surface area contributed by atoms with Gasteiger partial charge < -0.3 is 5.32 Å². The van der Waals surface area contributed by atoms with Gasteiger partial charge in [0, 0.05) is 26.2 Å². The van der Waals surface area contributed by atoms with Crippen LogP contribution < -0.4 is 16.6 Å². The smallest absolute Gasteiger partial charge is 0.325 e. The number of nitrogens with one attached hydrogen (secondary N) is 1. The van der Waals surface area contributed by atoms with E-state index in [0.29, 0.717) is 16.7 Å². The molecule has 7 heteroatoms. The number of aryl methyl sites for hydroxylation is 1. The third-order valence-corrected chi connectivity index (χ3v) is 5.09. The number of fused-ring (bicyclic) bond motifs is 1. The number of hydrogen-bond donors (Lipinski definition) is 1. The summed E-state index contributed by atoms with van der Waals surface area (Å²) in [5.41, 5.74) is 0.715. The lowest BCUT2D eigenvalue weighted by atomic mass is 10.0. The van der Waals surface area contributed by atoms with Gasteiger partial charge in [-0.2, -0.15) is 0 Å². The van der Waals surface area contributed by atoms with Crippen LogP contribution in [0.15, 0.2) is 15.8 Å². The van der Waals surface area contributed by atoms with E-state index in [0.717, 1.165) is 35.8 Å². The van der Waals surface area contributed by atoms with Crippen LogP contribution in [0, 0.1) is 5.92 Å². The van der Waals surface area contributed by atoms with Gasteiger partial charge >= 0.3 is 5.69 Å². The highest BCUT2D eigenvalue weighted by Crippen LogP contribution is 2.31. The monoisotopic (exact) mass is 344 g/mol. The number of rotatable bonds is 3. The summed E-state index contributed by atoms with van der Waals surface area (Å²) < 4.78 is 2.39. The molecule has 2 heterocycles. The molecule has 1 aliphatic rings. The Labute approximate surface area is 145 Å². The first-order valence-electron chi connectivity index (χ1n) is 8.72. The van der Waals surface area contributed by atoms with E-state index in [1.807, 2.05) is 13.8 Å². The fraction of sp³-hybridized carbons (Fsp3) is 0.556. The average Bonchev–Trinajstić information content (AvgIpc) is 3.12. The Morgan fingerprint density at radius 3 is 2.44 bits per heavy atom. The Bertz CT molecular complexity index is 949. The molecule has 1 amide bonds. The first kappa shape index (κ1) is 17.4. The van der Waals surface area contributed by atoms with Crippen molar-refractivity contribution in [1.82, 2.24) is 14.1 Å². The second-order valence-electron chi connectivity index (χ2n) is 7.12. The molecule has 1 N–H and O–H groups in total. The summed E-state index contributed by atoms with van der Waals surface area (Å²) in [6.07, 6.45) is 5.52. The highest BCUT2D eigenvalue weighted by Gasteiger charge is 2.26. The molecule has 1 saturated carbocycles. The second kappa shape index (κ2) is 6.46. The van der Waals surface area contributed by atoms with Crippen LogP contribution in [0.1, 0.15) is 51.0 Å². The van der Waals surface area contributed by atoms with Gasteiger partial charge in [0.1, 0.15) is 5.39 Å². The van der Waals surface area contributed by atoms with Crippen molar-refractivity contribution in [2.75, 3.05) is 5.32 Å². The summed E-state index contributed by atoms with van der Waals surface area (Å²) in [6, 6.07) is 0. The van der Waals surface area contributed by atoms with Gasteiger partial charge in [0.05, 0.1) is 5.69 Å². The van der Waals surface area contributed by atoms with Crippen LogP contribution in [-0.2, 0) is 18.9 Å². The fourth-order valence-electron chi connectivity index (χ4n) is 3.53. The fourth-order valence-corrected chi connectivity index (χ4v) is 3.53. The van der Waals surface area contributed by atoms with Crippen LogP contribution in [0.4, 0.5) is 5.69 Å². The van der Waals surface area contributed by atoms with Gasteiger partial charge in [-0.1, -0.05) is 26.7 Å². The van der Waals surface area contributed by atoms with E-state index in [1.54, 1.807) is 13.2 Å². The number of hydrogen-bond acceptors (Lipinski definition) is 4. The minimum Gasteiger partial charge on any atom is -0.325 e. The van der Waals surface area contributed by atoms with E-state index in [1.165, 1.54) is 11.6 Å². The molecule has 0 saturated heterocycles. The zero-order valence-electron chi connectivity index (χ0n) is 15.1. The van der Waals surface area contributed by atoms with Gasteiger partial charge in [-0.05, 0) is 24.3 Å². The first-order chi connectivity index (χ1) is 11.8. The van der Waals surface area contributed by atoms with Crippen molar-refractivity contribution in [1.29, 1.82) is 0 Å². The normalized spacial score (nSPS) is 15.2. The number of anilines is 1. The van der Waals surface area contributed by atoms with E-state index in [9.17, 15) is 14.4 Å². The molecule has 25 heavy (non-hydrogen) atoms. The molecule has 0 aromatic carbocycles. The van der Waals surface area contributed by atoms with Crippen molar-refractivity contribution in [2.45, 2.75) is 45.4 Å². The summed E-state index contributed by atoms with van der Waals surface area (Å²) in [6.45, 7) is 3.97. The predicted molar refractivity (Wildman–Crippen MR) is 96.9 cm³/mol. The molecular weight excluding hydrogens is 320 g/mol. The molecule has 0 unspecified atom stereocenters. The van der Waals surface area contributed by atoms with Crippen molar-refractivity contribution in [3.05, 3.63) is 32.6 Å². The van der Waals surface area contributed by atoms with Crippen molar-refractivity contribution < 1.29 is 4.79 Å². The average molecular weight is 344 g/mol. The minimum absolute atomic E-state index is 0.0142. The maximum atomic E-state index is 12.8. The highest BCUT2D eigenvalue weighted by atomic mass is 16.2. The minimum atomic E-state index is -0.435. The predicted octanol–water partition coefficient (Wildman–Crippen LogP) is 1.88. The van der Waals surface area contributed by atoms with Gasteiger partial charge in [0.2, 0.25) is 5.91 Å². The molecule has 2 aromatic rings. The van der Waals surface area contributed by atoms with E-state index in [-0.39, 0.29) is 17.7 Å². The zero-order chi connectivity index (χ0) is 18.3. The van der Waals surface area contributed by atoms with Crippen molar-refractivity contribution in [3.8, 4) is 0 Å². The highest BCUT2D eigenvalue weighted by molar-refractivity contribution is 6.02. The van der Waals surface area contributed by atoms with Crippen LogP contribution in [0.5, 0.6) is 0 Å². The van der Waals surface area contributed by atoms with E-state index < -0.39 is 11.2 Å². The zero-order valence-corrected chi connectivity index (χ0v) is 15.1. The van der Waals surface area contributed by atoms with E-state index in [2.05, 4.69) is 10.3 Å². The summed E-state index contributed by atoms with van der Waals surface area (Å²) in [7, 11) is 3.02. The molecule has 0 bridgehead atoms. The Balaban J connectivity index is 2.26. The molecule has 0 radical (unpaired) electrons. The number of pyridine rings is 1. The van der Waals surface area contributed by atoms with Gasteiger partial charge in [0.15, 0.2) is 5.65 Å². The standard InChI is InChI=1S/C18H24N4O3/c1-10(2)12-9-19-15-13(17(24)22(4)18(25)21(15)3)14(12)20-16(23)11-7-5-6-8-11/h9-11H,5-8H2,1-4H3,(H,19,20,23). The molecule has 2 aromatic heterocycles. The SMILES string of the molecule is CC(C)c1cnc2c(c1NC(=O)C1CCCC1)c(=O)n(C)c(=O)n2C. The maximum absolute atomic E-state index is 12.8. The topological polar surface area (TPSA) is 86.0 Å². The molecule has 1 aliphatic carbocycles. The summed E-state index contributed by atoms with van der Waals surface area (Å²) >= 11 is 0. The molecule has 0 atom stereocenters. The molecule has 0 spiro atoms. The number of nitrogens with zero attached hydrogens (tertiary/aromatic N) is 3. The summed E-state index contributed by atoms with van der Waals surface area (Å²) in [4.78, 5) is 41.9. The Kier molecular flexibility index (Phi) is 4.49. The van der Waals surface area contributed by atoms with Gasteiger partial charge in [0.25, 0.3) is 5.56 Å². The Hall–Kier alpha value is -2.44.